The van der Waals surface area contributed by atoms with E-state index in [0.717, 1.165) is 46.5 Å². The van der Waals surface area contributed by atoms with E-state index < -0.39 is 5.41 Å². The lowest BCUT2D eigenvalue weighted by Crippen LogP contribution is -2.27. The van der Waals surface area contributed by atoms with E-state index in [0.29, 0.717) is 11.7 Å². The van der Waals surface area contributed by atoms with Crippen LogP contribution < -0.4 is 14.8 Å². The number of rotatable bonds is 6. The molecule has 1 saturated carbocycles. The lowest BCUT2D eigenvalue weighted by Gasteiger charge is -2.19. The molecular formula is C27H27NO4. The van der Waals surface area contributed by atoms with Gasteiger partial charge in [0.15, 0.2) is 11.5 Å². The maximum absolute atomic E-state index is 13.3. The fourth-order valence-corrected chi connectivity index (χ4v) is 4.44. The Morgan fingerprint density at radius 2 is 1.84 bits per heavy atom. The minimum Gasteiger partial charge on any atom is -0.454 e. The number of hydrogen-bond acceptors (Lipinski definition) is 4. The highest BCUT2D eigenvalue weighted by molar-refractivity contribution is 6.02. The fraction of sp³-hybridized carbons (Fsp3) is 0.296. The van der Waals surface area contributed by atoms with Gasteiger partial charge in [-0.1, -0.05) is 44.2 Å². The van der Waals surface area contributed by atoms with Crippen molar-refractivity contribution in [1.82, 2.24) is 0 Å². The number of ether oxygens (including phenoxy) is 2. The van der Waals surface area contributed by atoms with Crippen molar-refractivity contribution in [1.29, 1.82) is 0 Å². The first-order valence-electron chi connectivity index (χ1n) is 11.1. The number of fused-ring (bicyclic) bond motifs is 1. The molecule has 2 N–H and O–H groups in total. The van der Waals surface area contributed by atoms with Crippen LogP contribution in [0.4, 0.5) is 5.69 Å². The van der Waals surface area contributed by atoms with Gasteiger partial charge in [-0.05, 0) is 76.9 Å². The zero-order valence-corrected chi connectivity index (χ0v) is 18.4. The largest absolute Gasteiger partial charge is 0.454 e. The van der Waals surface area contributed by atoms with E-state index in [1.54, 1.807) is 0 Å². The standard InChI is InChI=1S/C27H27NO4/c1-17(2)22-8-7-21(14-23(22)19-5-3-4-18(12-19)15-29)28-26(30)27(10-11-27)20-6-9-24-25(13-20)32-16-31-24/h3-9,12-14,17,29H,10-11,15-16H2,1-2H3,(H,28,30). The molecule has 32 heavy (non-hydrogen) atoms. The Labute approximate surface area is 188 Å². The van der Waals surface area contributed by atoms with E-state index in [1.807, 2.05) is 54.6 Å². The second-order valence-electron chi connectivity index (χ2n) is 8.92. The number of carbonyl (C=O) groups is 1. The Kier molecular flexibility index (Phi) is 5.14. The van der Waals surface area contributed by atoms with E-state index in [2.05, 4.69) is 25.2 Å². The minimum absolute atomic E-state index is 0.000664. The van der Waals surface area contributed by atoms with E-state index in [1.165, 1.54) is 5.56 Å². The predicted octanol–water partition coefficient (Wildman–Crippen LogP) is 5.37. The van der Waals surface area contributed by atoms with Gasteiger partial charge in [0.2, 0.25) is 12.7 Å². The summed E-state index contributed by atoms with van der Waals surface area (Å²) in [6, 6.07) is 19.8. The molecule has 0 unspecified atom stereocenters. The summed E-state index contributed by atoms with van der Waals surface area (Å²) >= 11 is 0. The molecule has 0 spiro atoms. The summed E-state index contributed by atoms with van der Waals surface area (Å²) in [6.45, 7) is 4.54. The van der Waals surface area contributed by atoms with Crippen molar-refractivity contribution >= 4 is 11.6 Å². The van der Waals surface area contributed by atoms with Crippen LogP contribution in [0.25, 0.3) is 11.1 Å². The Bertz CT molecular complexity index is 1180. The number of benzene rings is 3. The summed E-state index contributed by atoms with van der Waals surface area (Å²) in [5.41, 5.74) is 5.40. The lowest BCUT2D eigenvalue weighted by atomic mass is 9.91. The highest BCUT2D eigenvalue weighted by Gasteiger charge is 2.51. The third kappa shape index (κ3) is 3.63. The number of aliphatic hydroxyl groups excluding tert-OH is 1. The van der Waals surface area contributed by atoms with Gasteiger partial charge >= 0.3 is 0 Å². The van der Waals surface area contributed by atoms with Gasteiger partial charge in [0, 0.05) is 5.69 Å². The Balaban J connectivity index is 1.44. The smallest absolute Gasteiger partial charge is 0.235 e. The van der Waals surface area contributed by atoms with Crippen LogP contribution in [-0.2, 0) is 16.8 Å². The van der Waals surface area contributed by atoms with Gasteiger partial charge in [0.1, 0.15) is 0 Å². The molecule has 5 rings (SSSR count). The van der Waals surface area contributed by atoms with Crippen LogP contribution in [0, 0.1) is 0 Å². The molecule has 164 valence electrons. The van der Waals surface area contributed by atoms with Crippen molar-refractivity contribution in [3.8, 4) is 22.6 Å². The number of hydrogen-bond donors (Lipinski definition) is 2. The molecule has 0 aromatic heterocycles. The topological polar surface area (TPSA) is 67.8 Å². The van der Waals surface area contributed by atoms with Gasteiger partial charge in [-0.3, -0.25) is 4.79 Å². The van der Waals surface area contributed by atoms with Crippen LogP contribution in [0.15, 0.2) is 60.7 Å². The van der Waals surface area contributed by atoms with Crippen LogP contribution in [0.3, 0.4) is 0 Å². The van der Waals surface area contributed by atoms with Gasteiger partial charge in [-0.2, -0.15) is 0 Å². The van der Waals surface area contributed by atoms with Crippen LogP contribution >= 0.6 is 0 Å². The summed E-state index contributed by atoms with van der Waals surface area (Å²) in [7, 11) is 0. The van der Waals surface area contributed by atoms with Crippen molar-refractivity contribution in [2.75, 3.05) is 12.1 Å². The molecule has 3 aromatic rings. The molecule has 5 nitrogen and oxygen atoms in total. The van der Waals surface area contributed by atoms with Gasteiger partial charge < -0.3 is 19.9 Å². The average molecular weight is 430 g/mol. The van der Waals surface area contributed by atoms with Crippen LogP contribution in [0.2, 0.25) is 0 Å². The van der Waals surface area contributed by atoms with Crippen molar-refractivity contribution in [2.24, 2.45) is 0 Å². The number of aliphatic hydroxyl groups is 1. The maximum atomic E-state index is 13.3. The minimum atomic E-state index is -0.519. The maximum Gasteiger partial charge on any atom is 0.235 e. The van der Waals surface area contributed by atoms with Gasteiger partial charge in [0.25, 0.3) is 0 Å². The first-order valence-corrected chi connectivity index (χ1v) is 11.1. The third-order valence-corrected chi connectivity index (χ3v) is 6.46. The Morgan fingerprint density at radius 3 is 2.59 bits per heavy atom. The Hall–Kier alpha value is -3.31. The van der Waals surface area contributed by atoms with E-state index in [9.17, 15) is 9.90 Å². The van der Waals surface area contributed by atoms with Crippen molar-refractivity contribution in [3.05, 3.63) is 77.4 Å². The fourth-order valence-electron chi connectivity index (χ4n) is 4.44. The molecule has 0 radical (unpaired) electrons. The number of carbonyl (C=O) groups excluding carboxylic acids is 1. The number of amides is 1. The molecule has 1 aliphatic carbocycles. The molecule has 1 heterocycles. The summed E-state index contributed by atoms with van der Waals surface area (Å²) in [4.78, 5) is 13.3. The Morgan fingerprint density at radius 1 is 1.03 bits per heavy atom. The molecule has 2 aliphatic rings. The van der Waals surface area contributed by atoms with Gasteiger partial charge in [-0.15, -0.1) is 0 Å². The zero-order chi connectivity index (χ0) is 22.3. The van der Waals surface area contributed by atoms with Crippen molar-refractivity contribution in [2.45, 2.75) is 44.6 Å². The molecule has 0 atom stereocenters. The zero-order valence-electron chi connectivity index (χ0n) is 18.4. The molecule has 1 aliphatic heterocycles. The second-order valence-corrected chi connectivity index (χ2v) is 8.92. The predicted molar refractivity (Wildman–Crippen MR) is 124 cm³/mol. The molecular weight excluding hydrogens is 402 g/mol. The summed E-state index contributed by atoms with van der Waals surface area (Å²) < 4.78 is 10.9. The second kappa shape index (κ2) is 7.99. The molecule has 0 bridgehead atoms. The van der Waals surface area contributed by atoms with E-state index in [4.69, 9.17) is 9.47 Å². The summed E-state index contributed by atoms with van der Waals surface area (Å²) in [5.74, 6) is 1.76. The quantitative estimate of drug-likeness (QED) is 0.553. The normalized spacial score (nSPS) is 15.6. The highest BCUT2D eigenvalue weighted by atomic mass is 16.7. The van der Waals surface area contributed by atoms with E-state index in [-0.39, 0.29) is 19.3 Å². The van der Waals surface area contributed by atoms with E-state index >= 15 is 0 Å². The van der Waals surface area contributed by atoms with Crippen LogP contribution in [0.5, 0.6) is 11.5 Å². The molecule has 1 fully saturated rings. The third-order valence-electron chi connectivity index (χ3n) is 6.46. The van der Waals surface area contributed by atoms with Crippen LogP contribution in [0.1, 0.15) is 49.3 Å². The molecule has 1 amide bonds. The molecule has 5 heteroatoms. The first-order chi connectivity index (χ1) is 15.5. The highest BCUT2D eigenvalue weighted by Crippen LogP contribution is 2.51. The van der Waals surface area contributed by atoms with Crippen molar-refractivity contribution in [3.63, 3.8) is 0 Å². The van der Waals surface area contributed by atoms with Gasteiger partial charge in [-0.25, -0.2) is 0 Å². The number of nitrogens with one attached hydrogen (secondary N) is 1. The summed E-state index contributed by atoms with van der Waals surface area (Å²) in [6.07, 6.45) is 1.63. The molecule has 0 saturated heterocycles. The molecule has 3 aromatic carbocycles. The SMILES string of the molecule is CC(C)c1ccc(NC(=O)C2(c3ccc4c(c3)OCO4)CC2)cc1-c1cccc(CO)c1. The van der Waals surface area contributed by atoms with Gasteiger partial charge in [0.05, 0.1) is 12.0 Å². The van der Waals surface area contributed by atoms with Crippen molar-refractivity contribution < 1.29 is 19.4 Å². The average Bonchev–Trinajstić information content (AvgIpc) is 3.49. The monoisotopic (exact) mass is 429 g/mol. The van der Waals surface area contributed by atoms with Crippen LogP contribution in [-0.4, -0.2) is 17.8 Å². The first kappa shape index (κ1) is 20.6. The lowest BCUT2D eigenvalue weighted by molar-refractivity contribution is -0.118. The summed E-state index contributed by atoms with van der Waals surface area (Å²) in [5, 5.41) is 12.7. The number of anilines is 1.